The molecule has 1 aliphatic carbocycles. The van der Waals surface area contributed by atoms with E-state index < -0.39 is 0 Å². The largest absolute Gasteiger partial charge is 0.469 e. The Balaban J connectivity index is 1.98. The topological polar surface area (TPSA) is 38.8 Å². The van der Waals surface area contributed by atoms with Crippen molar-refractivity contribution in [2.75, 3.05) is 7.11 Å². The predicted molar refractivity (Wildman–Crippen MR) is 33.4 cm³/mol. The molecule has 3 nitrogen and oxygen atoms in total. The fourth-order valence-corrected chi connectivity index (χ4v) is 1.65. The number of epoxide rings is 1. The zero-order valence-corrected chi connectivity index (χ0v) is 5.87. The standard InChI is InChI=1S/C7H10O3/c1-9-7(8)4-2-3-5-6(4)10-5/h4-6H,2-3H2,1H3/t4-,5+,6-/m1/s1. The predicted octanol–water partition coefficient (Wildman–Crippen LogP) is 0.337. The third kappa shape index (κ3) is 0.736. The number of fused-ring (bicyclic) bond motifs is 1. The molecule has 3 atom stereocenters. The molecule has 1 heterocycles. The van der Waals surface area contributed by atoms with Crippen molar-refractivity contribution in [2.45, 2.75) is 25.0 Å². The second kappa shape index (κ2) is 1.95. The number of ether oxygens (including phenoxy) is 2. The average molecular weight is 142 g/mol. The lowest BCUT2D eigenvalue weighted by atomic mass is 10.1. The maximum atomic E-state index is 10.9. The Kier molecular flexibility index (Phi) is 1.20. The van der Waals surface area contributed by atoms with Crippen molar-refractivity contribution < 1.29 is 14.3 Å². The van der Waals surface area contributed by atoms with Gasteiger partial charge >= 0.3 is 5.97 Å². The lowest BCUT2D eigenvalue weighted by molar-refractivity contribution is -0.146. The van der Waals surface area contributed by atoms with Gasteiger partial charge in [0, 0.05) is 0 Å². The van der Waals surface area contributed by atoms with E-state index in [4.69, 9.17) is 4.74 Å². The molecule has 1 saturated carbocycles. The highest BCUT2D eigenvalue weighted by Gasteiger charge is 2.53. The molecule has 56 valence electrons. The van der Waals surface area contributed by atoms with Gasteiger partial charge in [-0.15, -0.1) is 0 Å². The van der Waals surface area contributed by atoms with Crippen LogP contribution in [0.1, 0.15) is 12.8 Å². The van der Waals surface area contributed by atoms with Gasteiger partial charge in [-0.25, -0.2) is 0 Å². The summed E-state index contributed by atoms with van der Waals surface area (Å²) in [6, 6.07) is 0. The quantitative estimate of drug-likeness (QED) is 0.391. The number of methoxy groups -OCH3 is 1. The number of hydrogen-bond acceptors (Lipinski definition) is 3. The molecule has 0 amide bonds. The van der Waals surface area contributed by atoms with Gasteiger partial charge in [0.05, 0.1) is 25.2 Å². The van der Waals surface area contributed by atoms with E-state index in [1.807, 2.05) is 0 Å². The van der Waals surface area contributed by atoms with Crippen LogP contribution in [0.3, 0.4) is 0 Å². The van der Waals surface area contributed by atoms with E-state index in [0.717, 1.165) is 12.8 Å². The summed E-state index contributed by atoms with van der Waals surface area (Å²) >= 11 is 0. The summed E-state index contributed by atoms with van der Waals surface area (Å²) < 4.78 is 9.80. The third-order valence-corrected chi connectivity index (χ3v) is 2.28. The van der Waals surface area contributed by atoms with Crippen molar-refractivity contribution in [3.63, 3.8) is 0 Å². The molecule has 2 rings (SSSR count). The molecule has 10 heavy (non-hydrogen) atoms. The van der Waals surface area contributed by atoms with E-state index in [1.54, 1.807) is 0 Å². The zero-order valence-electron chi connectivity index (χ0n) is 5.87. The Morgan fingerprint density at radius 2 is 2.40 bits per heavy atom. The number of carbonyl (C=O) groups excluding carboxylic acids is 1. The SMILES string of the molecule is COC(=O)[C@@H]1CC[C@@H]2O[C@@H]21. The van der Waals surface area contributed by atoms with Gasteiger partial charge in [-0.3, -0.25) is 4.79 Å². The van der Waals surface area contributed by atoms with Gasteiger partial charge in [-0.2, -0.15) is 0 Å². The van der Waals surface area contributed by atoms with E-state index in [0.29, 0.717) is 6.10 Å². The highest BCUT2D eigenvalue weighted by Crippen LogP contribution is 2.43. The Labute approximate surface area is 59.3 Å². The van der Waals surface area contributed by atoms with Crippen molar-refractivity contribution in [1.82, 2.24) is 0 Å². The maximum absolute atomic E-state index is 10.9. The van der Waals surface area contributed by atoms with Crippen molar-refractivity contribution in [2.24, 2.45) is 5.92 Å². The number of esters is 1. The highest BCUT2D eigenvalue weighted by molar-refractivity contribution is 5.74. The second-order valence-electron chi connectivity index (χ2n) is 2.85. The van der Waals surface area contributed by atoms with Gasteiger partial charge in [0.2, 0.25) is 0 Å². The van der Waals surface area contributed by atoms with E-state index in [9.17, 15) is 4.79 Å². The Morgan fingerprint density at radius 3 is 2.80 bits per heavy atom. The molecule has 0 radical (unpaired) electrons. The second-order valence-corrected chi connectivity index (χ2v) is 2.85. The van der Waals surface area contributed by atoms with Crippen molar-refractivity contribution >= 4 is 5.97 Å². The third-order valence-electron chi connectivity index (χ3n) is 2.28. The first-order valence-corrected chi connectivity index (χ1v) is 3.56. The van der Waals surface area contributed by atoms with E-state index >= 15 is 0 Å². The average Bonchev–Trinajstić information content (AvgIpc) is 2.62. The Hall–Kier alpha value is -0.570. The van der Waals surface area contributed by atoms with Crippen LogP contribution in [0, 0.1) is 5.92 Å². The van der Waals surface area contributed by atoms with Gasteiger partial charge in [0.1, 0.15) is 0 Å². The first-order valence-electron chi connectivity index (χ1n) is 3.56. The summed E-state index contributed by atoms with van der Waals surface area (Å²) in [5.74, 6) is -0.0694. The molecule has 0 spiro atoms. The van der Waals surface area contributed by atoms with E-state index in [2.05, 4.69) is 4.74 Å². The van der Waals surface area contributed by atoms with Gasteiger partial charge in [-0.1, -0.05) is 0 Å². The van der Waals surface area contributed by atoms with Crippen LogP contribution in [-0.4, -0.2) is 25.3 Å². The number of carbonyl (C=O) groups is 1. The van der Waals surface area contributed by atoms with Gasteiger partial charge < -0.3 is 9.47 Å². The van der Waals surface area contributed by atoms with Crippen LogP contribution in [0.4, 0.5) is 0 Å². The van der Waals surface area contributed by atoms with Crippen molar-refractivity contribution in [1.29, 1.82) is 0 Å². The first-order chi connectivity index (χ1) is 4.83. The summed E-state index contributed by atoms with van der Waals surface area (Å²) in [5, 5.41) is 0. The normalized spacial score (nSPS) is 42.7. The molecular formula is C7H10O3. The molecule has 3 heteroatoms. The first kappa shape index (κ1) is 6.16. The minimum absolute atomic E-state index is 0.0370. The zero-order chi connectivity index (χ0) is 7.14. The van der Waals surface area contributed by atoms with Crippen LogP contribution in [0.15, 0.2) is 0 Å². The van der Waals surface area contributed by atoms with E-state index in [1.165, 1.54) is 7.11 Å². The summed E-state index contributed by atoms with van der Waals surface area (Å²) in [6.07, 6.45) is 2.56. The molecule has 1 aliphatic heterocycles. The van der Waals surface area contributed by atoms with Crippen LogP contribution < -0.4 is 0 Å². The van der Waals surface area contributed by atoms with Crippen LogP contribution >= 0.6 is 0 Å². The van der Waals surface area contributed by atoms with Crippen LogP contribution in [0.25, 0.3) is 0 Å². The van der Waals surface area contributed by atoms with Crippen molar-refractivity contribution in [3.05, 3.63) is 0 Å². The molecule has 0 aromatic carbocycles. The highest BCUT2D eigenvalue weighted by atomic mass is 16.6. The molecule has 2 aliphatic rings. The van der Waals surface area contributed by atoms with Crippen LogP contribution in [0.5, 0.6) is 0 Å². The van der Waals surface area contributed by atoms with E-state index in [-0.39, 0.29) is 18.0 Å². The summed E-state index contributed by atoms with van der Waals surface area (Å²) in [5.41, 5.74) is 0. The maximum Gasteiger partial charge on any atom is 0.311 e. The lowest BCUT2D eigenvalue weighted by Crippen LogP contribution is -2.18. The fourth-order valence-electron chi connectivity index (χ4n) is 1.65. The summed E-state index contributed by atoms with van der Waals surface area (Å²) in [7, 11) is 1.43. The smallest absolute Gasteiger partial charge is 0.311 e. The van der Waals surface area contributed by atoms with Gasteiger partial charge in [-0.05, 0) is 12.8 Å². The Morgan fingerprint density at radius 1 is 1.60 bits per heavy atom. The molecule has 2 fully saturated rings. The minimum atomic E-state index is -0.106. The lowest BCUT2D eigenvalue weighted by Gasteiger charge is -2.05. The van der Waals surface area contributed by atoms with Crippen LogP contribution in [-0.2, 0) is 14.3 Å². The van der Waals surface area contributed by atoms with Crippen molar-refractivity contribution in [3.8, 4) is 0 Å². The van der Waals surface area contributed by atoms with Crippen LogP contribution in [0.2, 0.25) is 0 Å². The van der Waals surface area contributed by atoms with Gasteiger partial charge in [0.25, 0.3) is 0 Å². The van der Waals surface area contributed by atoms with Gasteiger partial charge in [0.15, 0.2) is 0 Å². The number of rotatable bonds is 1. The Bertz CT molecular complexity index is 166. The molecule has 0 unspecified atom stereocenters. The number of hydrogen-bond donors (Lipinski definition) is 0. The molecular weight excluding hydrogens is 132 g/mol. The molecule has 0 bridgehead atoms. The fraction of sp³-hybridized carbons (Fsp3) is 0.857. The monoisotopic (exact) mass is 142 g/mol. The molecule has 0 aromatic rings. The molecule has 1 saturated heterocycles. The molecule has 0 aromatic heterocycles. The summed E-state index contributed by atoms with van der Waals surface area (Å²) in [4.78, 5) is 10.9. The molecule has 0 N–H and O–H groups in total. The minimum Gasteiger partial charge on any atom is -0.469 e. The summed E-state index contributed by atoms with van der Waals surface area (Å²) in [6.45, 7) is 0.